The molecule has 0 aromatic rings. The summed E-state index contributed by atoms with van der Waals surface area (Å²) >= 11 is 1.53. The van der Waals surface area contributed by atoms with Crippen molar-refractivity contribution >= 4 is 18.0 Å². The molecule has 4 heteroatoms. The van der Waals surface area contributed by atoms with Crippen LogP contribution >= 0.6 is 11.8 Å². The van der Waals surface area contributed by atoms with E-state index in [-0.39, 0.29) is 0 Å². The summed E-state index contributed by atoms with van der Waals surface area (Å²) in [6.45, 7) is 2.00. The number of hydrogen-bond acceptors (Lipinski definition) is 4. The molecule has 0 radical (unpaired) electrons. The predicted octanol–water partition coefficient (Wildman–Crippen LogP) is 1.000. The zero-order valence-corrected chi connectivity index (χ0v) is 6.06. The second-order valence-electron chi connectivity index (χ2n) is 1.25. The SMILES string of the molecule is CCSC(=C\N)/C=N/O. The molecule has 0 aliphatic carbocycles. The molecular formula is C5H10N2OS. The van der Waals surface area contributed by atoms with E-state index in [1.165, 1.54) is 24.2 Å². The summed E-state index contributed by atoms with van der Waals surface area (Å²) in [6.07, 6.45) is 2.72. The van der Waals surface area contributed by atoms with E-state index in [0.717, 1.165) is 10.7 Å². The first-order valence-electron chi connectivity index (χ1n) is 2.57. The molecule has 0 bridgehead atoms. The molecule has 0 heterocycles. The molecule has 0 saturated carbocycles. The Labute approximate surface area is 58.6 Å². The van der Waals surface area contributed by atoms with Crippen LogP contribution in [0.15, 0.2) is 16.3 Å². The van der Waals surface area contributed by atoms with E-state index < -0.39 is 0 Å². The van der Waals surface area contributed by atoms with Gasteiger partial charge in [-0.05, 0) is 5.75 Å². The molecule has 3 N–H and O–H groups in total. The Morgan fingerprint density at radius 2 is 2.56 bits per heavy atom. The Kier molecular flexibility index (Phi) is 5.11. The van der Waals surface area contributed by atoms with Gasteiger partial charge in [0.15, 0.2) is 0 Å². The fourth-order valence-corrected chi connectivity index (χ4v) is 0.903. The molecule has 0 aromatic carbocycles. The number of thioether (sulfide) groups is 1. The predicted molar refractivity (Wildman–Crippen MR) is 40.7 cm³/mol. The summed E-state index contributed by atoms with van der Waals surface area (Å²) in [5, 5.41) is 10.9. The van der Waals surface area contributed by atoms with E-state index in [9.17, 15) is 0 Å². The standard InChI is InChI=1S/C5H10N2OS/c1-2-9-5(3-6)4-7-8/h3-4,8H,2,6H2,1H3/b5-3-,7-4+. The largest absolute Gasteiger partial charge is 0.411 e. The highest BCUT2D eigenvalue weighted by Crippen LogP contribution is 2.09. The topological polar surface area (TPSA) is 58.6 Å². The number of nitrogens with zero attached hydrogens (tertiary/aromatic N) is 1. The third kappa shape index (κ3) is 3.90. The molecule has 52 valence electrons. The molecule has 0 aliphatic rings. The zero-order chi connectivity index (χ0) is 7.11. The van der Waals surface area contributed by atoms with E-state index >= 15 is 0 Å². The normalized spacial score (nSPS) is 12.8. The van der Waals surface area contributed by atoms with Crippen LogP contribution in [0.4, 0.5) is 0 Å². The molecule has 0 aromatic heterocycles. The van der Waals surface area contributed by atoms with Crippen molar-refractivity contribution in [1.29, 1.82) is 0 Å². The van der Waals surface area contributed by atoms with Crippen LogP contribution < -0.4 is 5.73 Å². The quantitative estimate of drug-likeness (QED) is 0.355. The summed E-state index contributed by atoms with van der Waals surface area (Å²) in [7, 11) is 0. The smallest absolute Gasteiger partial charge is 0.0811 e. The van der Waals surface area contributed by atoms with Gasteiger partial charge in [0.1, 0.15) is 0 Å². The monoisotopic (exact) mass is 146 g/mol. The molecule has 0 unspecified atom stereocenters. The molecule has 0 amide bonds. The van der Waals surface area contributed by atoms with Crippen molar-refractivity contribution in [3.05, 3.63) is 11.1 Å². The minimum atomic E-state index is 0.778. The van der Waals surface area contributed by atoms with E-state index in [0.29, 0.717) is 0 Å². The van der Waals surface area contributed by atoms with Crippen LogP contribution in [0.5, 0.6) is 0 Å². The molecule has 0 aliphatic heterocycles. The number of hydrogen-bond donors (Lipinski definition) is 2. The molecule has 0 rings (SSSR count). The molecular weight excluding hydrogens is 136 g/mol. The van der Waals surface area contributed by atoms with Crippen molar-refractivity contribution in [1.82, 2.24) is 0 Å². The lowest BCUT2D eigenvalue weighted by atomic mass is 10.7. The van der Waals surface area contributed by atoms with Gasteiger partial charge in [0.05, 0.1) is 6.21 Å². The van der Waals surface area contributed by atoms with Gasteiger partial charge in [0.25, 0.3) is 0 Å². The van der Waals surface area contributed by atoms with Crippen LogP contribution in [0.1, 0.15) is 6.92 Å². The first kappa shape index (κ1) is 8.36. The van der Waals surface area contributed by atoms with Gasteiger partial charge < -0.3 is 10.9 Å². The minimum Gasteiger partial charge on any atom is -0.411 e. The van der Waals surface area contributed by atoms with E-state index in [4.69, 9.17) is 10.9 Å². The van der Waals surface area contributed by atoms with Crippen LogP contribution in [0, 0.1) is 0 Å². The van der Waals surface area contributed by atoms with Crippen LogP contribution in [0.2, 0.25) is 0 Å². The maximum atomic E-state index is 8.05. The van der Waals surface area contributed by atoms with Crippen LogP contribution in [-0.2, 0) is 0 Å². The fraction of sp³-hybridized carbons (Fsp3) is 0.400. The number of rotatable bonds is 3. The second kappa shape index (κ2) is 5.50. The number of nitrogens with two attached hydrogens (primary N) is 1. The summed E-state index contributed by atoms with van der Waals surface area (Å²) in [5.41, 5.74) is 5.16. The zero-order valence-electron chi connectivity index (χ0n) is 5.24. The van der Waals surface area contributed by atoms with Crippen molar-refractivity contribution in [2.75, 3.05) is 5.75 Å². The first-order valence-corrected chi connectivity index (χ1v) is 3.55. The summed E-state index contributed by atoms with van der Waals surface area (Å²) in [4.78, 5) is 0.778. The third-order valence-electron chi connectivity index (χ3n) is 0.660. The first-order chi connectivity index (χ1) is 4.35. The number of allylic oxidation sites excluding steroid dienone is 1. The molecule has 0 fully saturated rings. The van der Waals surface area contributed by atoms with Crippen molar-refractivity contribution in [3.63, 3.8) is 0 Å². The van der Waals surface area contributed by atoms with E-state index in [1.807, 2.05) is 6.92 Å². The summed E-state index contributed by atoms with van der Waals surface area (Å²) in [6, 6.07) is 0. The highest BCUT2D eigenvalue weighted by Gasteiger charge is 1.88. The molecule has 0 spiro atoms. The Bertz CT molecular complexity index is 122. The van der Waals surface area contributed by atoms with Crippen molar-refractivity contribution in [2.24, 2.45) is 10.9 Å². The van der Waals surface area contributed by atoms with Crippen molar-refractivity contribution in [3.8, 4) is 0 Å². The average molecular weight is 146 g/mol. The van der Waals surface area contributed by atoms with Crippen molar-refractivity contribution < 1.29 is 5.21 Å². The van der Waals surface area contributed by atoms with Crippen molar-refractivity contribution in [2.45, 2.75) is 6.92 Å². The maximum Gasteiger partial charge on any atom is 0.0811 e. The molecule has 3 nitrogen and oxygen atoms in total. The lowest BCUT2D eigenvalue weighted by molar-refractivity contribution is 0.322. The molecule has 0 saturated heterocycles. The Hall–Kier alpha value is -0.640. The van der Waals surface area contributed by atoms with Gasteiger partial charge in [-0.2, -0.15) is 0 Å². The lowest BCUT2D eigenvalue weighted by Crippen LogP contribution is -1.86. The lowest BCUT2D eigenvalue weighted by Gasteiger charge is -1.92. The van der Waals surface area contributed by atoms with E-state index in [1.54, 1.807) is 0 Å². The van der Waals surface area contributed by atoms with Gasteiger partial charge in [-0.1, -0.05) is 12.1 Å². The van der Waals surface area contributed by atoms with E-state index in [2.05, 4.69) is 5.16 Å². The van der Waals surface area contributed by atoms with Crippen LogP contribution in [0.25, 0.3) is 0 Å². The van der Waals surface area contributed by atoms with Crippen LogP contribution in [0.3, 0.4) is 0 Å². The maximum absolute atomic E-state index is 8.05. The van der Waals surface area contributed by atoms with Gasteiger partial charge in [0.2, 0.25) is 0 Å². The van der Waals surface area contributed by atoms with Gasteiger partial charge in [-0.3, -0.25) is 0 Å². The van der Waals surface area contributed by atoms with Crippen LogP contribution in [-0.4, -0.2) is 17.2 Å². The summed E-state index contributed by atoms with van der Waals surface area (Å²) < 4.78 is 0. The fourth-order valence-electron chi connectivity index (χ4n) is 0.352. The third-order valence-corrected chi connectivity index (χ3v) is 1.52. The Balaban J connectivity index is 3.70. The van der Waals surface area contributed by atoms with Gasteiger partial charge >= 0.3 is 0 Å². The van der Waals surface area contributed by atoms with Gasteiger partial charge in [-0.25, -0.2) is 0 Å². The average Bonchev–Trinajstić information content (AvgIpc) is 1.88. The number of oxime groups is 1. The molecule has 9 heavy (non-hydrogen) atoms. The highest BCUT2D eigenvalue weighted by atomic mass is 32.2. The highest BCUT2D eigenvalue weighted by molar-refractivity contribution is 8.03. The van der Waals surface area contributed by atoms with Gasteiger partial charge in [0, 0.05) is 11.1 Å². The Morgan fingerprint density at radius 3 is 2.89 bits per heavy atom. The molecule has 0 atom stereocenters. The second-order valence-corrected chi connectivity index (χ2v) is 2.58. The minimum absolute atomic E-state index is 0.778. The summed E-state index contributed by atoms with van der Waals surface area (Å²) in [5.74, 6) is 0.926. The Morgan fingerprint density at radius 1 is 1.89 bits per heavy atom. The van der Waals surface area contributed by atoms with Gasteiger partial charge in [-0.15, -0.1) is 11.8 Å².